The monoisotopic (exact) mass is 207 g/mol. The maximum absolute atomic E-state index is 11.1. The Morgan fingerprint density at radius 2 is 1.92 bits per heavy atom. The Hall–Kier alpha value is -0.440. The summed E-state index contributed by atoms with van der Waals surface area (Å²) in [4.78, 5) is 0. The molecule has 0 aliphatic carbocycles. The van der Waals surface area contributed by atoms with Crippen molar-refractivity contribution in [3.63, 3.8) is 0 Å². The van der Waals surface area contributed by atoms with Crippen molar-refractivity contribution in [3.8, 4) is 0 Å². The van der Waals surface area contributed by atoms with Gasteiger partial charge in [0.05, 0.1) is 5.60 Å². The minimum atomic E-state index is -2.01. The Morgan fingerprint density at radius 3 is 2.23 bits per heavy atom. The Morgan fingerprint density at radius 1 is 1.46 bits per heavy atom. The Kier molecular flexibility index (Phi) is 4.04. The van der Waals surface area contributed by atoms with E-state index in [1.54, 1.807) is 0 Å². The summed E-state index contributed by atoms with van der Waals surface area (Å²) in [5.74, 6) is 0. The highest BCUT2D eigenvalue weighted by Gasteiger charge is 2.45. The van der Waals surface area contributed by atoms with Crippen molar-refractivity contribution in [2.75, 3.05) is 6.16 Å². The van der Waals surface area contributed by atoms with Gasteiger partial charge in [0.25, 0.3) is 0 Å². The first kappa shape index (κ1) is 12.6. The fourth-order valence-corrected chi connectivity index (χ4v) is 1.70. The van der Waals surface area contributed by atoms with Gasteiger partial charge < -0.3 is 10.2 Å². The van der Waals surface area contributed by atoms with Crippen LogP contribution in [0.15, 0.2) is 12.8 Å². The molecule has 0 spiro atoms. The molecule has 0 aliphatic heterocycles. The van der Waals surface area contributed by atoms with Crippen molar-refractivity contribution in [1.29, 1.82) is 0 Å². The minimum absolute atomic E-state index is 0.127. The van der Waals surface area contributed by atoms with Crippen molar-refractivity contribution in [2.24, 2.45) is 0 Å². The maximum Gasteiger partial charge on any atom is 0.558 e. The lowest BCUT2D eigenvalue weighted by atomic mass is 9.90. The maximum atomic E-state index is 11.1. The molecule has 2 atom stereocenters. The van der Waals surface area contributed by atoms with Gasteiger partial charge in [0, 0.05) is 0 Å². The lowest BCUT2D eigenvalue weighted by Crippen LogP contribution is -2.49. The zero-order valence-electron chi connectivity index (χ0n) is 8.15. The van der Waals surface area contributed by atoms with Crippen LogP contribution in [-0.2, 0) is 9.09 Å². The van der Waals surface area contributed by atoms with Crippen LogP contribution in [0.2, 0.25) is 0 Å². The van der Waals surface area contributed by atoms with Crippen LogP contribution in [0.1, 0.15) is 20.8 Å². The number of hydrogen-bond acceptors (Lipinski definition) is 4. The fraction of sp³-hybridized carbons (Fsp3) is 0.750. The smallest absolute Gasteiger partial charge is 0.387 e. The normalized spacial score (nSPS) is 17.5. The van der Waals surface area contributed by atoms with Gasteiger partial charge in [0.2, 0.25) is 6.16 Å². The molecule has 0 saturated carbocycles. The number of hydrogen-bond donors (Lipinski definition) is 2. The molecule has 2 unspecified atom stereocenters. The Bertz CT molecular complexity index is 205. The van der Waals surface area contributed by atoms with Gasteiger partial charge in [-0.05, 0) is 25.3 Å². The van der Waals surface area contributed by atoms with Gasteiger partial charge in [-0.25, -0.2) is 0 Å². The van der Waals surface area contributed by atoms with Gasteiger partial charge in [0.1, 0.15) is 11.9 Å². The SMILES string of the molecule is C=CO[P+](=O)CC(C)(O)C(C)(C)O. The summed E-state index contributed by atoms with van der Waals surface area (Å²) in [5, 5.41) is 19.2. The van der Waals surface area contributed by atoms with Crippen LogP contribution in [-0.4, -0.2) is 27.6 Å². The van der Waals surface area contributed by atoms with Crippen LogP contribution < -0.4 is 0 Å². The highest BCUT2D eigenvalue weighted by molar-refractivity contribution is 7.39. The second-order valence-corrected chi connectivity index (χ2v) is 4.79. The van der Waals surface area contributed by atoms with Crippen molar-refractivity contribution < 1.29 is 19.3 Å². The summed E-state index contributed by atoms with van der Waals surface area (Å²) in [7, 11) is -2.01. The molecule has 0 bridgehead atoms. The van der Waals surface area contributed by atoms with Gasteiger partial charge in [-0.15, -0.1) is 0 Å². The summed E-state index contributed by atoms with van der Waals surface area (Å²) >= 11 is 0. The van der Waals surface area contributed by atoms with E-state index in [1.807, 2.05) is 0 Å². The molecule has 0 amide bonds. The van der Waals surface area contributed by atoms with E-state index in [9.17, 15) is 14.8 Å². The highest BCUT2D eigenvalue weighted by atomic mass is 31.1. The molecule has 0 aliphatic rings. The van der Waals surface area contributed by atoms with Gasteiger partial charge in [-0.1, -0.05) is 6.58 Å². The molecular weight excluding hydrogens is 191 g/mol. The first-order valence-corrected chi connectivity index (χ1v) is 5.24. The quantitative estimate of drug-likeness (QED) is 0.528. The van der Waals surface area contributed by atoms with E-state index in [2.05, 4.69) is 11.1 Å². The predicted molar refractivity (Wildman–Crippen MR) is 50.7 cm³/mol. The lowest BCUT2D eigenvalue weighted by Gasteiger charge is -2.31. The Labute approximate surface area is 79.1 Å². The third-order valence-corrected chi connectivity index (χ3v) is 3.21. The molecule has 4 nitrogen and oxygen atoms in total. The molecule has 5 heteroatoms. The van der Waals surface area contributed by atoms with Crippen LogP contribution in [0.25, 0.3) is 0 Å². The van der Waals surface area contributed by atoms with Gasteiger partial charge >= 0.3 is 8.03 Å². The van der Waals surface area contributed by atoms with Gasteiger partial charge in [-0.3, -0.25) is 4.52 Å². The third-order valence-electron chi connectivity index (χ3n) is 1.95. The van der Waals surface area contributed by atoms with Gasteiger partial charge in [-0.2, -0.15) is 0 Å². The molecule has 0 saturated heterocycles. The van der Waals surface area contributed by atoms with E-state index in [4.69, 9.17) is 0 Å². The van der Waals surface area contributed by atoms with Crippen molar-refractivity contribution in [1.82, 2.24) is 0 Å². The first-order chi connectivity index (χ1) is 5.70. The highest BCUT2D eigenvalue weighted by Crippen LogP contribution is 2.33. The Balaban J connectivity index is 4.33. The third kappa shape index (κ3) is 3.85. The second kappa shape index (κ2) is 4.18. The van der Waals surface area contributed by atoms with Crippen LogP contribution in [0.4, 0.5) is 0 Å². The average molecular weight is 207 g/mol. The molecule has 0 aromatic heterocycles. The van der Waals surface area contributed by atoms with Crippen LogP contribution >= 0.6 is 8.03 Å². The van der Waals surface area contributed by atoms with E-state index >= 15 is 0 Å². The predicted octanol–water partition coefficient (Wildman–Crippen LogP) is 1.41. The van der Waals surface area contributed by atoms with Crippen molar-refractivity contribution in [2.45, 2.75) is 32.0 Å². The molecule has 0 fully saturated rings. The molecule has 13 heavy (non-hydrogen) atoms. The first-order valence-electron chi connectivity index (χ1n) is 3.88. The largest absolute Gasteiger partial charge is 0.558 e. The second-order valence-electron chi connectivity index (χ2n) is 3.60. The van der Waals surface area contributed by atoms with Crippen molar-refractivity contribution >= 4 is 8.03 Å². The molecule has 0 radical (unpaired) electrons. The fourth-order valence-electron chi connectivity index (χ4n) is 0.565. The molecule has 0 aromatic carbocycles. The summed E-state index contributed by atoms with van der Waals surface area (Å²) in [5.41, 5.74) is -2.76. The summed E-state index contributed by atoms with van der Waals surface area (Å²) in [6.45, 7) is 7.55. The number of aliphatic hydroxyl groups is 2. The topological polar surface area (TPSA) is 66.8 Å². The van der Waals surface area contributed by atoms with Crippen LogP contribution in [0.5, 0.6) is 0 Å². The molecule has 0 heterocycles. The van der Waals surface area contributed by atoms with Gasteiger partial charge in [0.15, 0.2) is 0 Å². The van der Waals surface area contributed by atoms with E-state index in [-0.39, 0.29) is 6.16 Å². The average Bonchev–Trinajstić information content (AvgIpc) is 1.83. The minimum Gasteiger partial charge on any atom is -0.387 e. The van der Waals surface area contributed by atoms with Crippen LogP contribution in [0.3, 0.4) is 0 Å². The summed E-state index contributed by atoms with van der Waals surface area (Å²) in [6, 6.07) is 0. The van der Waals surface area contributed by atoms with E-state index in [0.29, 0.717) is 0 Å². The molecular formula is C8H16O4P+. The summed E-state index contributed by atoms with van der Waals surface area (Å²) in [6.07, 6.45) is 0.928. The molecule has 0 aromatic rings. The van der Waals surface area contributed by atoms with E-state index in [0.717, 1.165) is 6.26 Å². The molecule has 0 rings (SSSR count). The molecule has 2 N–H and O–H groups in total. The zero-order chi connectivity index (χ0) is 10.7. The van der Waals surface area contributed by atoms with Crippen molar-refractivity contribution in [3.05, 3.63) is 12.8 Å². The standard InChI is InChI=1S/C8H16O4P/c1-5-12-13(11)6-8(4,10)7(2,3)9/h5,9-10H,1,6H2,2-4H3/q+1. The van der Waals surface area contributed by atoms with E-state index < -0.39 is 19.2 Å². The van der Waals surface area contributed by atoms with Crippen LogP contribution in [0, 0.1) is 0 Å². The van der Waals surface area contributed by atoms with E-state index in [1.165, 1.54) is 20.8 Å². The zero-order valence-corrected chi connectivity index (χ0v) is 9.04. The number of rotatable bonds is 5. The lowest BCUT2D eigenvalue weighted by molar-refractivity contribution is -0.105. The molecule has 76 valence electrons. The summed E-state index contributed by atoms with van der Waals surface area (Å²) < 4.78 is 15.7.